The predicted octanol–water partition coefficient (Wildman–Crippen LogP) is 2.12. The lowest BCUT2D eigenvalue weighted by atomic mass is 9.71. The van der Waals surface area contributed by atoms with Crippen LogP contribution in [-0.4, -0.2) is 31.9 Å². The Balaban J connectivity index is 2.02. The molecule has 3 rings (SSSR count). The molecule has 0 aliphatic heterocycles. The Morgan fingerprint density at radius 1 is 1.00 bits per heavy atom. The maximum absolute atomic E-state index is 12.6. The van der Waals surface area contributed by atoms with Crippen molar-refractivity contribution in [2.45, 2.75) is 12.3 Å². The van der Waals surface area contributed by atoms with Gasteiger partial charge in [-0.1, -0.05) is 42.5 Å². The number of fused-ring (bicyclic) bond motifs is 2. The summed E-state index contributed by atoms with van der Waals surface area (Å²) in [7, 11) is 2.55. The second kappa shape index (κ2) is 6.59. The van der Waals surface area contributed by atoms with Gasteiger partial charge in [0.2, 0.25) is 5.78 Å². The van der Waals surface area contributed by atoms with E-state index in [0.29, 0.717) is 0 Å². The molecule has 1 saturated carbocycles. The highest BCUT2D eigenvalue weighted by molar-refractivity contribution is 6.34. The van der Waals surface area contributed by atoms with Gasteiger partial charge < -0.3 is 9.47 Å². The molecule has 5 atom stereocenters. The van der Waals surface area contributed by atoms with Crippen LogP contribution in [0.25, 0.3) is 0 Å². The van der Waals surface area contributed by atoms with E-state index in [-0.39, 0.29) is 23.7 Å². The molecule has 5 nitrogen and oxygen atoms in total. The highest BCUT2D eigenvalue weighted by Crippen LogP contribution is 2.54. The van der Waals surface area contributed by atoms with Crippen LogP contribution in [0.1, 0.15) is 17.9 Å². The molecule has 2 bridgehead atoms. The largest absolute Gasteiger partial charge is 0.469 e. The Labute approximate surface area is 140 Å². The third-order valence-corrected chi connectivity index (χ3v) is 5.21. The second-order valence-electron chi connectivity index (χ2n) is 6.32. The van der Waals surface area contributed by atoms with Crippen LogP contribution < -0.4 is 0 Å². The van der Waals surface area contributed by atoms with Crippen LogP contribution in [0.5, 0.6) is 0 Å². The number of benzene rings is 1. The van der Waals surface area contributed by atoms with Crippen LogP contribution in [0.2, 0.25) is 0 Å². The van der Waals surface area contributed by atoms with Gasteiger partial charge in [-0.2, -0.15) is 0 Å². The zero-order valence-corrected chi connectivity index (χ0v) is 13.7. The third kappa shape index (κ3) is 2.64. The van der Waals surface area contributed by atoms with Crippen molar-refractivity contribution in [3.05, 3.63) is 48.0 Å². The number of esters is 2. The van der Waals surface area contributed by atoms with Gasteiger partial charge in [-0.05, 0) is 29.7 Å². The Morgan fingerprint density at radius 2 is 1.67 bits per heavy atom. The molecule has 0 amide bonds. The minimum absolute atomic E-state index is 0.0255. The number of rotatable bonds is 5. The van der Waals surface area contributed by atoms with Crippen molar-refractivity contribution >= 4 is 17.7 Å². The average Bonchev–Trinajstić information content (AvgIpc) is 3.23. The number of hydrogen-bond donors (Lipinski definition) is 0. The maximum atomic E-state index is 12.6. The van der Waals surface area contributed by atoms with Gasteiger partial charge in [0.25, 0.3) is 0 Å². The van der Waals surface area contributed by atoms with E-state index in [9.17, 15) is 14.4 Å². The van der Waals surface area contributed by atoms with Crippen molar-refractivity contribution in [1.82, 2.24) is 0 Å². The highest BCUT2D eigenvalue weighted by Gasteiger charge is 2.54. The standard InChI is InChI=1S/C19H20O5/c1-23-18(21)16(11-6-4-3-5-7-11)14-12-8-9-13(10-12)15(14)17(20)19(22)24-2/h3-9,12-16H,10H2,1-2H3. The van der Waals surface area contributed by atoms with Crippen LogP contribution in [0.4, 0.5) is 0 Å². The van der Waals surface area contributed by atoms with Gasteiger partial charge in [-0.25, -0.2) is 4.79 Å². The normalized spacial score (nSPS) is 28.4. The fraction of sp³-hybridized carbons (Fsp3) is 0.421. The minimum atomic E-state index is -0.845. The molecule has 1 aromatic rings. The summed E-state index contributed by atoms with van der Waals surface area (Å²) in [5.41, 5.74) is 0.804. The first-order valence-electron chi connectivity index (χ1n) is 8.01. The summed E-state index contributed by atoms with van der Waals surface area (Å²) in [5, 5.41) is 0. The number of allylic oxidation sites excluding steroid dienone is 2. The average molecular weight is 328 g/mol. The van der Waals surface area contributed by atoms with Crippen molar-refractivity contribution < 1.29 is 23.9 Å². The molecule has 0 spiro atoms. The summed E-state index contributed by atoms with van der Waals surface area (Å²) in [6.45, 7) is 0. The fourth-order valence-corrected chi connectivity index (χ4v) is 4.22. The van der Waals surface area contributed by atoms with E-state index in [4.69, 9.17) is 4.74 Å². The van der Waals surface area contributed by atoms with Gasteiger partial charge in [0.05, 0.1) is 20.1 Å². The minimum Gasteiger partial charge on any atom is -0.469 e. The maximum Gasteiger partial charge on any atom is 0.374 e. The van der Waals surface area contributed by atoms with Gasteiger partial charge in [-0.3, -0.25) is 9.59 Å². The van der Waals surface area contributed by atoms with E-state index >= 15 is 0 Å². The van der Waals surface area contributed by atoms with Gasteiger partial charge in [-0.15, -0.1) is 0 Å². The summed E-state index contributed by atoms with van der Waals surface area (Å²) >= 11 is 0. The number of ketones is 1. The van der Waals surface area contributed by atoms with Crippen LogP contribution in [-0.2, 0) is 23.9 Å². The number of carbonyl (C=O) groups excluding carboxylic acids is 3. The van der Waals surface area contributed by atoms with E-state index < -0.39 is 23.6 Å². The lowest BCUT2D eigenvalue weighted by Gasteiger charge is -2.32. The Kier molecular flexibility index (Phi) is 4.51. The topological polar surface area (TPSA) is 69.7 Å². The summed E-state index contributed by atoms with van der Waals surface area (Å²) < 4.78 is 9.64. The van der Waals surface area contributed by atoms with E-state index in [1.165, 1.54) is 14.2 Å². The van der Waals surface area contributed by atoms with E-state index in [1.54, 1.807) is 0 Å². The molecule has 0 heterocycles. The van der Waals surface area contributed by atoms with E-state index in [0.717, 1.165) is 12.0 Å². The van der Waals surface area contributed by atoms with Gasteiger partial charge in [0, 0.05) is 5.92 Å². The molecule has 2 aliphatic carbocycles. The SMILES string of the molecule is COC(=O)C(=O)C1C2C=CC(C2)C1C(C(=O)OC)c1ccccc1. The molecule has 0 saturated heterocycles. The molecule has 126 valence electrons. The highest BCUT2D eigenvalue weighted by atomic mass is 16.5. The van der Waals surface area contributed by atoms with E-state index in [2.05, 4.69) is 10.8 Å². The van der Waals surface area contributed by atoms with Gasteiger partial charge in [0.15, 0.2) is 0 Å². The molecular formula is C19H20O5. The molecule has 1 aromatic carbocycles. The molecule has 5 unspecified atom stereocenters. The lowest BCUT2D eigenvalue weighted by molar-refractivity contribution is -0.156. The summed E-state index contributed by atoms with van der Waals surface area (Å²) in [5.74, 6) is -3.13. The van der Waals surface area contributed by atoms with Crippen molar-refractivity contribution in [1.29, 1.82) is 0 Å². The summed E-state index contributed by atoms with van der Waals surface area (Å²) in [6.07, 6.45) is 4.81. The predicted molar refractivity (Wildman–Crippen MR) is 85.9 cm³/mol. The molecule has 0 radical (unpaired) electrons. The molecule has 2 aliphatic rings. The van der Waals surface area contributed by atoms with Crippen molar-refractivity contribution in [3.8, 4) is 0 Å². The number of methoxy groups -OCH3 is 2. The Bertz CT molecular complexity index is 678. The first-order valence-corrected chi connectivity index (χ1v) is 8.01. The zero-order valence-electron chi connectivity index (χ0n) is 13.7. The lowest BCUT2D eigenvalue weighted by Crippen LogP contribution is -2.38. The quantitative estimate of drug-likeness (QED) is 0.470. The summed E-state index contributed by atoms with van der Waals surface area (Å²) in [4.78, 5) is 36.9. The monoisotopic (exact) mass is 328 g/mol. The van der Waals surface area contributed by atoms with Crippen LogP contribution >= 0.6 is 0 Å². The van der Waals surface area contributed by atoms with Crippen LogP contribution in [0.15, 0.2) is 42.5 Å². The van der Waals surface area contributed by atoms with E-state index in [1.807, 2.05) is 36.4 Å². The molecule has 24 heavy (non-hydrogen) atoms. The number of Topliss-reactive ketones (excluding diaryl/α,β-unsaturated/α-hetero) is 1. The molecule has 5 heteroatoms. The van der Waals surface area contributed by atoms with Gasteiger partial charge in [0.1, 0.15) is 0 Å². The summed E-state index contributed by atoms with van der Waals surface area (Å²) in [6, 6.07) is 9.29. The smallest absolute Gasteiger partial charge is 0.374 e. The van der Waals surface area contributed by atoms with Crippen LogP contribution in [0.3, 0.4) is 0 Å². The van der Waals surface area contributed by atoms with Crippen LogP contribution in [0, 0.1) is 23.7 Å². The molecule has 1 fully saturated rings. The number of ether oxygens (including phenoxy) is 2. The van der Waals surface area contributed by atoms with Crippen molar-refractivity contribution in [3.63, 3.8) is 0 Å². The Hall–Kier alpha value is -2.43. The van der Waals surface area contributed by atoms with Gasteiger partial charge >= 0.3 is 11.9 Å². The van der Waals surface area contributed by atoms with Crippen molar-refractivity contribution in [2.75, 3.05) is 14.2 Å². The Morgan fingerprint density at radius 3 is 2.29 bits per heavy atom. The molecule has 0 aromatic heterocycles. The molecular weight excluding hydrogens is 308 g/mol. The number of carbonyl (C=O) groups is 3. The molecule has 0 N–H and O–H groups in total. The second-order valence-corrected chi connectivity index (χ2v) is 6.32. The first kappa shape index (κ1) is 16.4. The zero-order chi connectivity index (χ0) is 17.3. The number of hydrogen-bond acceptors (Lipinski definition) is 5. The fourth-order valence-electron chi connectivity index (χ4n) is 4.22. The van der Waals surface area contributed by atoms with Crippen molar-refractivity contribution in [2.24, 2.45) is 23.7 Å². The third-order valence-electron chi connectivity index (χ3n) is 5.21. The first-order chi connectivity index (χ1) is 11.6.